The van der Waals surface area contributed by atoms with Crippen LogP contribution < -0.4 is 10.6 Å². The van der Waals surface area contributed by atoms with Crippen molar-refractivity contribution >= 4 is 35.7 Å². The van der Waals surface area contributed by atoms with Crippen LogP contribution in [0.3, 0.4) is 0 Å². The number of rotatable bonds is 8. The third-order valence-corrected chi connectivity index (χ3v) is 4.64. The molecule has 9 nitrogen and oxygen atoms in total. The number of carboxylic acid groups (broad SMARTS) is 1. The molecule has 0 fully saturated rings. The molecule has 0 radical (unpaired) electrons. The number of benzene rings is 2. The SMILES string of the molecule is CC(=O)Nc1c(C)cc(/C=C(\NC(=O)OCc2ccccc2)C(=O)O)c(COC(C)=O)c1C. The standard InChI is InChI=1S/C24H26N2O7/c1-14-10-19(20(13-32-17(4)28)15(2)22(14)25-16(3)27)11-21(23(29)30)26-24(31)33-12-18-8-6-5-7-9-18/h5-11H,12-13H2,1-4H3,(H,25,27)(H,26,31)(H,29,30)/b21-11-. The minimum atomic E-state index is -1.38. The maximum atomic E-state index is 12.2. The van der Waals surface area contributed by atoms with E-state index in [1.54, 1.807) is 44.2 Å². The van der Waals surface area contributed by atoms with Crippen LogP contribution in [-0.2, 0) is 37.1 Å². The van der Waals surface area contributed by atoms with E-state index in [1.165, 1.54) is 19.9 Å². The van der Waals surface area contributed by atoms with Gasteiger partial charge in [0.15, 0.2) is 0 Å². The van der Waals surface area contributed by atoms with Gasteiger partial charge < -0.3 is 19.9 Å². The highest BCUT2D eigenvalue weighted by atomic mass is 16.5. The van der Waals surface area contributed by atoms with E-state index in [-0.39, 0.29) is 19.1 Å². The van der Waals surface area contributed by atoms with E-state index in [2.05, 4.69) is 10.6 Å². The van der Waals surface area contributed by atoms with Gasteiger partial charge in [0.1, 0.15) is 18.9 Å². The summed E-state index contributed by atoms with van der Waals surface area (Å²) in [4.78, 5) is 46.9. The Labute approximate surface area is 191 Å². The second kappa shape index (κ2) is 11.5. The van der Waals surface area contributed by atoms with Gasteiger partial charge in [-0.25, -0.2) is 9.59 Å². The molecular formula is C24H26N2O7. The van der Waals surface area contributed by atoms with Gasteiger partial charge in [-0.1, -0.05) is 30.3 Å². The van der Waals surface area contributed by atoms with Crippen molar-refractivity contribution in [1.82, 2.24) is 5.32 Å². The number of aryl methyl sites for hydroxylation is 1. The van der Waals surface area contributed by atoms with Gasteiger partial charge in [0.2, 0.25) is 5.91 Å². The van der Waals surface area contributed by atoms with E-state index in [9.17, 15) is 24.3 Å². The third-order valence-electron chi connectivity index (χ3n) is 4.64. The Kier molecular flexibility index (Phi) is 8.73. The first-order valence-corrected chi connectivity index (χ1v) is 10.0. The molecule has 0 spiro atoms. The van der Waals surface area contributed by atoms with E-state index in [4.69, 9.17) is 9.47 Å². The smallest absolute Gasteiger partial charge is 0.412 e. The largest absolute Gasteiger partial charge is 0.477 e. The van der Waals surface area contributed by atoms with Crippen molar-refractivity contribution in [1.29, 1.82) is 0 Å². The molecule has 0 bridgehead atoms. The summed E-state index contributed by atoms with van der Waals surface area (Å²) in [6.45, 7) is 5.91. The van der Waals surface area contributed by atoms with Crippen molar-refractivity contribution < 1.29 is 33.8 Å². The summed E-state index contributed by atoms with van der Waals surface area (Å²) in [6.07, 6.45) is 0.319. The van der Waals surface area contributed by atoms with Gasteiger partial charge in [-0.15, -0.1) is 0 Å². The Hall–Kier alpha value is -4.14. The van der Waals surface area contributed by atoms with Crippen molar-refractivity contribution in [3.63, 3.8) is 0 Å². The Morgan fingerprint density at radius 3 is 2.24 bits per heavy atom. The fourth-order valence-electron chi connectivity index (χ4n) is 3.09. The van der Waals surface area contributed by atoms with Crippen LogP contribution in [0, 0.1) is 13.8 Å². The predicted molar refractivity (Wildman–Crippen MR) is 121 cm³/mol. The molecule has 2 aromatic rings. The van der Waals surface area contributed by atoms with Gasteiger partial charge in [-0.2, -0.15) is 0 Å². The van der Waals surface area contributed by atoms with Crippen LogP contribution >= 0.6 is 0 Å². The maximum Gasteiger partial charge on any atom is 0.412 e. The maximum absolute atomic E-state index is 12.2. The minimum absolute atomic E-state index is 0.0269. The van der Waals surface area contributed by atoms with Crippen LogP contribution in [0.15, 0.2) is 42.1 Å². The molecule has 2 aromatic carbocycles. The Bertz CT molecular complexity index is 1090. The summed E-state index contributed by atoms with van der Waals surface area (Å²) >= 11 is 0. The number of hydrogen-bond acceptors (Lipinski definition) is 6. The number of esters is 1. The average molecular weight is 454 g/mol. The molecule has 0 saturated carbocycles. The highest BCUT2D eigenvalue weighted by molar-refractivity contribution is 5.96. The highest BCUT2D eigenvalue weighted by Gasteiger charge is 2.18. The van der Waals surface area contributed by atoms with E-state index in [1.807, 2.05) is 6.07 Å². The van der Waals surface area contributed by atoms with E-state index in [0.717, 1.165) is 5.56 Å². The molecule has 33 heavy (non-hydrogen) atoms. The zero-order valence-electron chi connectivity index (χ0n) is 18.9. The monoisotopic (exact) mass is 454 g/mol. The summed E-state index contributed by atoms with van der Waals surface area (Å²) in [5.41, 5.74) is 3.01. The zero-order chi connectivity index (χ0) is 24.5. The van der Waals surface area contributed by atoms with E-state index < -0.39 is 23.7 Å². The molecular weight excluding hydrogens is 428 g/mol. The normalized spacial score (nSPS) is 10.8. The van der Waals surface area contributed by atoms with Gasteiger partial charge in [0.05, 0.1) is 0 Å². The van der Waals surface area contributed by atoms with E-state index >= 15 is 0 Å². The first-order chi connectivity index (χ1) is 15.6. The molecule has 9 heteroatoms. The third kappa shape index (κ3) is 7.49. The lowest BCUT2D eigenvalue weighted by Gasteiger charge is -2.18. The molecule has 0 atom stereocenters. The van der Waals surface area contributed by atoms with Crippen LogP contribution in [0.1, 0.15) is 41.7 Å². The quantitative estimate of drug-likeness (QED) is 0.410. The topological polar surface area (TPSA) is 131 Å². The lowest BCUT2D eigenvalue weighted by atomic mass is 9.96. The number of carboxylic acids is 1. The Balaban J connectivity index is 2.37. The Morgan fingerprint density at radius 2 is 1.67 bits per heavy atom. The zero-order valence-corrected chi connectivity index (χ0v) is 18.9. The summed E-state index contributed by atoms with van der Waals surface area (Å²) in [5.74, 6) is -2.18. The van der Waals surface area contributed by atoms with Crippen LogP contribution in [0.25, 0.3) is 6.08 Å². The van der Waals surface area contributed by atoms with Gasteiger partial charge in [0.25, 0.3) is 0 Å². The molecule has 0 aliphatic carbocycles. The molecule has 0 aliphatic heterocycles. The van der Waals surface area contributed by atoms with Crippen molar-refractivity contribution in [2.75, 3.05) is 5.32 Å². The second-order valence-corrected chi connectivity index (χ2v) is 7.27. The molecule has 0 unspecified atom stereocenters. The molecule has 2 amide bonds. The summed E-state index contributed by atoms with van der Waals surface area (Å²) < 4.78 is 10.2. The lowest BCUT2D eigenvalue weighted by molar-refractivity contribution is -0.142. The van der Waals surface area contributed by atoms with Gasteiger partial charge in [-0.05, 0) is 48.2 Å². The number of anilines is 1. The number of carbonyl (C=O) groups is 4. The minimum Gasteiger partial charge on any atom is -0.477 e. The number of carbonyl (C=O) groups excluding carboxylic acids is 3. The van der Waals surface area contributed by atoms with Crippen LogP contribution in [0.4, 0.5) is 10.5 Å². The van der Waals surface area contributed by atoms with Crippen molar-refractivity contribution in [2.45, 2.75) is 40.9 Å². The number of nitrogens with one attached hydrogen (secondary N) is 2. The number of alkyl carbamates (subject to hydrolysis) is 1. The summed E-state index contributed by atoms with van der Waals surface area (Å²) in [7, 11) is 0. The predicted octanol–water partition coefficient (Wildman–Crippen LogP) is 3.68. The summed E-state index contributed by atoms with van der Waals surface area (Å²) in [6, 6.07) is 10.6. The van der Waals surface area contributed by atoms with Crippen molar-refractivity contribution in [3.05, 3.63) is 69.9 Å². The molecule has 3 N–H and O–H groups in total. The average Bonchev–Trinajstić information content (AvgIpc) is 2.74. The molecule has 174 valence electrons. The first-order valence-electron chi connectivity index (χ1n) is 10.0. The van der Waals surface area contributed by atoms with Gasteiger partial charge in [0, 0.05) is 25.1 Å². The highest BCUT2D eigenvalue weighted by Crippen LogP contribution is 2.29. The molecule has 2 rings (SSSR count). The van der Waals surface area contributed by atoms with Gasteiger partial charge >= 0.3 is 18.0 Å². The Morgan fingerprint density at radius 1 is 1.00 bits per heavy atom. The van der Waals surface area contributed by atoms with Crippen LogP contribution in [-0.4, -0.2) is 29.0 Å². The number of amides is 2. The fourth-order valence-corrected chi connectivity index (χ4v) is 3.09. The van der Waals surface area contributed by atoms with Crippen molar-refractivity contribution in [3.8, 4) is 0 Å². The fraction of sp³-hybridized carbons (Fsp3) is 0.250. The first kappa shape index (κ1) is 25.1. The van der Waals surface area contributed by atoms with Crippen LogP contribution in [0.5, 0.6) is 0 Å². The lowest BCUT2D eigenvalue weighted by Crippen LogP contribution is -2.28. The number of ether oxygens (including phenoxy) is 2. The molecule has 0 aliphatic rings. The molecule has 0 aromatic heterocycles. The number of aliphatic carboxylic acids is 1. The summed E-state index contributed by atoms with van der Waals surface area (Å²) in [5, 5.41) is 14.6. The molecule has 0 saturated heterocycles. The van der Waals surface area contributed by atoms with Gasteiger partial charge in [-0.3, -0.25) is 14.9 Å². The second-order valence-electron chi connectivity index (χ2n) is 7.27. The molecule has 0 heterocycles. The number of hydrogen-bond donors (Lipinski definition) is 3. The van der Waals surface area contributed by atoms with Crippen molar-refractivity contribution in [2.24, 2.45) is 0 Å². The van der Waals surface area contributed by atoms with Crippen LogP contribution in [0.2, 0.25) is 0 Å². The van der Waals surface area contributed by atoms with E-state index in [0.29, 0.717) is 27.9 Å².